The zero-order valence-corrected chi connectivity index (χ0v) is 15.9. The smallest absolute Gasteiger partial charge is 0.254 e. The van der Waals surface area contributed by atoms with Crippen molar-refractivity contribution >= 4 is 11.7 Å². The van der Waals surface area contributed by atoms with E-state index in [9.17, 15) is 9.59 Å². The fourth-order valence-electron chi connectivity index (χ4n) is 3.11. The number of hydrogen-bond donors (Lipinski definition) is 0. The average Bonchev–Trinajstić information content (AvgIpc) is 3.11. The summed E-state index contributed by atoms with van der Waals surface area (Å²) >= 11 is 0. The third-order valence-electron chi connectivity index (χ3n) is 4.72. The van der Waals surface area contributed by atoms with Gasteiger partial charge in [0.25, 0.3) is 5.91 Å². The van der Waals surface area contributed by atoms with Crippen molar-refractivity contribution in [2.75, 3.05) is 46.7 Å². The van der Waals surface area contributed by atoms with Crippen LogP contribution in [0.15, 0.2) is 23.7 Å². The van der Waals surface area contributed by atoms with Crippen molar-refractivity contribution < 1.29 is 28.5 Å². The number of ketones is 1. The molecule has 26 heavy (non-hydrogen) atoms. The summed E-state index contributed by atoms with van der Waals surface area (Å²) in [6.07, 6.45) is 5.11. The Kier molecular flexibility index (Phi) is 7.66. The summed E-state index contributed by atoms with van der Waals surface area (Å²) in [5, 5.41) is 0. The van der Waals surface area contributed by atoms with Crippen LogP contribution in [-0.2, 0) is 28.5 Å². The first-order valence-corrected chi connectivity index (χ1v) is 9.10. The van der Waals surface area contributed by atoms with Crippen molar-refractivity contribution in [3.05, 3.63) is 23.7 Å². The Bertz CT molecular complexity index is 562. The quantitative estimate of drug-likeness (QED) is 0.639. The summed E-state index contributed by atoms with van der Waals surface area (Å²) in [6.45, 7) is 6.07. The van der Waals surface area contributed by atoms with Gasteiger partial charge in [0.15, 0.2) is 5.76 Å². The molecule has 0 bridgehead atoms. The molecule has 0 radical (unpaired) electrons. The first kappa shape index (κ1) is 20.5. The Morgan fingerprint density at radius 3 is 2.73 bits per heavy atom. The summed E-state index contributed by atoms with van der Waals surface area (Å²) in [5.41, 5.74) is -0.268. The minimum Gasteiger partial charge on any atom is -0.499 e. The molecule has 1 fully saturated rings. The molecule has 2 aliphatic heterocycles. The van der Waals surface area contributed by atoms with E-state index >= 15 is 0 Å². The number of nitrogens with zero attached hydrogens (tertiary/aromatic N) is 1. The highest BCUT2D eigenvalue weighted by molar-refractivity contribution is 6.08. The molecule has 2 rings (SSSR count). The number of rotatable bonds is 7. The molecule has 7 heteroatoms. The van der Waals surface area contributed by atoms with Crippen LogP contribution in [0.4, 0.5) is 0 Å². The van der Waals surface area contributed by atoms with Crippen LogP contribution >= 0.6 is 0 Å². The molecule has 0 aliphatic carbocycles. The van der Waals surface area contributed by atoms with Gasteiger partial charge in [-0.05, 0) is 19.8 Å². The van der Waals surface area contributed by atoms with E-state index in [2.05, 4.69) is 0 Å². The second-order valence-electron chi connectivity index (χ2n) is 6.61. The SMILES string of the molecule is CCCCO/C1=C(/C)C(=O)N(CCOC)C2(CCOC2)CO/C=C\C1=O. The standard InChI is InChI=1S/C19H29NO6/c1-4-5-9-26-17-15(2)18(22)20(8-12-23-3)19(7-11-25-14-19)13-24-10-6-16(17)21/h6,10H,4-5,7-9,11-14H2,1-3H3/b10-6-,17-15-. The number of carbonyl (C=O) groups is 2. The van der Waals surface area contributed by atoms with E-state index in [4.69, 9.17) is 18.9 Å². The van der Waals surface area contributed by atoms with Gasteiger partial charge in [-0.3, -0.25) is 9.59 Å². The van der Waals surface area contributed by atoms with Crippen LogP contribution in [0.5, 0.6) is 0 Å². The number of unbranched alkanes of at least 4 members (excludes halogenated alkanes) is 1. The molecule has 0 N–H and O–H groups in total. The van der Waals surface area contributed by atoms with Crippen LogP contribution in [-0.4, -0.2) is 68.8 Å². The zero-order chi connectivity index (χ0) is 19.0. The molecule has 7 nitrogen and oxygen atoms in total. The summed E-state index contributed by atoms with van der Waals surface area (Å²) in [6, 6.07) is 0. The van der Waals surface area contributed by atoms with E-state index in [-0.39, 0.29) is 24.1 Å². The topological polar surface area (TPSA) is 74.3 Å². The van der Waals surface area contributed by atoms with Crippen molar-refractivity contribution in [1.29, 1.82) is 0 Å². The van der Waals surface area contributed by atoms with E-state index in [0.29, 0.717) is 45.0 Å². The van der Waals surface area contributed by atoms with E-state index in [1.54, 1.807) is 18.9 Å². The summed E-state index contributed by atoms with van der Waals surface area (Å²) < 4.78 is 22.0. The maximum absolute atomic E-state index is 13.3. The summed E-state index contributed by atoms with van der Waals surface area (Å²) in [7, 11) is 1.59. The lowest BCUT2D eigenvalue weighted by Gasteiger charge is -2.40. The minimum atomic E-state index is -0.573. The van der Waals surface area contributed by atoms with Gasteiger partial charge in [-0.25, -0.2) is 0 Å². The fraction of sp³-hybridized carbons (Fsp3) is 0.684. The molecular formula is C19H29NO6. The van der Waals surface area contributed by atoms with Gasteiger partial charge in [0.2, 0.25) is 5.78 Å². The molecule has 1 unspecified atom stereocenters. The Morgan fingerprint density at radius 2 is 2.08 bits per heavy atom. The van der Waals surface area contributed by atoms with Crippen molar-refractivity contribution in [3.8, 4) is 0 Å². The van der Waals surface area contributed by atoms with Gasteiger partial charge in [-0.2, -0.15) is 0 Å². The predicted molar refractivity (Wildman–Crippen MR) is 95.4 cm³/mol. The lowest BCUT2D eigenvalue weighted by atomic mass is 9.95. The lowest BCUT2D eigenvalue weighted by Crippen LogP contribution is -2.57. The number of carbonyl (C=O) groups excluding carboxylic acids is 2. The molecule has 1 atom stereocenters. The predicted octanol–water partition coefficient (Wildman–Crippen LogP) is 1.82. The molecule has 0 aromatic rings. The first-order valence-electron chi connectivity index (χ1n) is 9.10. The molecule has 0 aromatic heterocycles. The Balaban J connectivity index is 2.39. The molecule has 1 saturated heterocycles. The maximum Gasteiger partial charge on any atom is 0.254 e. The Labute approximate surface area is 154 Å². The van der Waals surface area contributed by atoms with E-state index in [1.165, 1.54) is 12.3 Å². The van der Waals surface area contributed by atoms with E-state index in [0.717, 1.165) is 12.8 Å². The van der Waals surface area contributed by atoms with Crippen molar-refractivity contribution in [2.24, 2.45) is 0 Å². The van der Waals surface area contributed by atoms with Gasteiger partial charge < -0.3 is 23.8 Å². The van der Waals surface area contributed by atoms with Gasteiger partial charge in [0.1, 0.15) is 12.1 Å². The van der Waals surface area contributed by atoms with Gasteiger partial charge in [0.05, 0.1) is 31.7 Å². The summed E-state index contributed by atoms with van der Waals surface area (Å²) in [4.78, 5) is 27.4. The van der Waals surface area contributed by atoms with Gasteiger partial charge in [-0.1, -0.05) is 13.3 Å². The highest BCUT2D eigenvalue weighted by Gasteiger charge is 2.45. The van der Waals surface area contributed by atoms with Crippen LogP contribution in [0, 0.1) is 0 Å². The third kappa shape index (κ3) is 4.65. The average molecular weight is 367 g/mol. The van der Waals surface area contributed by atoms with E-state index in [1.807, 2.05) is 6.92 Å². The Morgan fingerprint density at radius 1 is 1.27 bits per heavy atom. The Hall–Kier alpha value is -1.86. The maximum atomic E-state index is 13.3. The van der Waals surface area contributed by atoms with Crippen LogP contribution in [0.1, 0.15) is 33.1 Å². The molecule has 146 valence electrons. The largest absolute Gasteiger partial charge is 0.499 e. The second-order valence-corrected chi connectivity index (χ2v) is 6.61. The monoisotopic (exact) mass is 367 g/mol. The molecule has 2 heterocycles. The van der Waals surface area contributed by atoms with Crippen molar-refractivity contribution in [2.45, 2.75) is 38.6 Å². The number of ether oxygens (including phenoxy) is 4. The number of amides is 1. The molecule has 0 saturated carbocycles. The van der Waals surface area contributed by atoms with Gasteiger partial charge >= 0.3 is 0 Å². The van der Waals surface area contributed by atoms with Crippen molar-refractivity contribution in [1.82, 2.24) is 4.90 Å². The highest BCUT2D eigenvalue weighted by atomic mass is 16.5. The number of methoxy groups -OCH3 is 1. The van der Waals surface area contributed by atoms with Crippen LogP contribution < -0.4 is 0 Å². The normalized spacial score (nSPS) is 28.3. The molecule has 2 aliphatic rings. The zero-order valence-electron chi connectivity index (χ0n) is 15.9. The third-order valence-corrected chi connectivity index (χ3v) is 4.72. The highest BCUT2D eigenvalue weighted by Crippen LogP contribution is 2.30. The summed E-state index contributed by atoms with van der Waals surface area (Å²) in [5.74, 6) is -0.523. The molecular weight excluding hydrogens is 338 g/mol. The first-order chi connectivity index (χ1) is 12.6. The molecule has 1 spiro atoms. The van der Waals surface area contributed by atoms with Crippen molar-refractivity contribution in [3.63, 3.8) is 0 Å². The van der Waals surface area contributed by atoms with Crippen LogP contribution in [0.2, 0.25) is 0 Å². The molecule has 1 amide bonds. The van der Waals surface area contributed by atoms with Crippen LogP contribution in [0.25, 0.3) is 0 Å². The fourth-order valence-corrected chi connectivity index (χ4v) is 3.11. The second kappa shape index (κ2) is 9.73. The van der Waals surface area contributed by atoms with E-state index < -0.39 is 5.54 Å². The molecule has 0 aromatic carbocycles. The van der Waals surface area contributed by atoms with Gasteiger partial charge in [-0.15, -0.1) is 0 Å². The lowest BCUT2D eigenvalue weighted by molar-refractivity contribution is -0.137. The van der Waals surface area contributed by atoms with Gasteiger partial charge in [0, 0.05) is 26.3 Å². The minimum absolute atomic E-state index is 0.0849. The number of allylic oxidation sites excluding steroid dienone is 1. The van der Waals surface area contributed by atoms with Crippen LogP contribution in [0.3, 0.4) is 0 Å². The number of hydrogen-bond acceptors (Lipinski definition) is 6.